The Kier molecular flexibility index (Phi) is 4.08. The van der Waals surface area contributed by atoms with Crippen LogP contribution in [0.25, 0.3) is 0 Å². The predicted molar refractivity (Wildman–Crippen MR) is 70.2 cm³/mol. The fourth-order valence-electron chi connectivity index (χ4n) is 2.04. The monoisotopic (exact) mass is 289 g/mol. The molecule has 0 aliphatic heterocycles. The van der Waals surface area contributed by atoms with Gasteiger partial charge >= 0.3 is 0 Å². The highest BCUT2D eigenvalue weighted by atomic mass is 19.2. The van der Waals surface area contributed by atoms with Crippen molar-refractivity contribution in [1.29, 1.82) is 5.26 Å². The zero-order valence-electron chi connectivity index (χ0n) is 11.0. The number of carbonyl (C=O) groups excluding carboxylic acids is 1. The molecule has 2 nitrogen and oxygen atoms in total. The summed E-state index contributed by atoms with van der Waals surface area (Å²) in [5, 5.41) is 9.20. The lowest BCUT2D eigenvalue weighted by atomic mass is 9.89. The highest BCUT2D eigenvalue weighted by Crippen LogP contribution is 2.25. The molecule has 0 spiro atoms. The molecule has 0 fully saturated rings. The Bertz CT molecular complexity index is 726. The van der Waals surface area contributed by atoms with Crippen LogP contribution in [0.2, 0.25) is 0 Å². The van der Waals surface area contributed by atoms with Gasteiger partial charge in [0.1, 0.15) is 5.92 Å². The maximum atomic E-state index is 13.2. The van der Waals surface area contributed by atoms with Crippen molar-refractivity contribution in [3.8, 4) is 6.07 Å². The van der Waals surface area contributed by atoms with E-state index in [1.807, 2.05) is 6.07 Å². The molecule has 106 valence electrons. The Labute approximate surface area is 119 Å². The molecule has 0 amide bonds. The second kappa shape index (κ2) is 5.80. The van der Waals surface area contributed by atoms with Gasteiger partial charge in [0.2, 0.25) is 0 Å². The summed E-state index contributed by atoms with van der Waals surface area (Å²) in [7, 11) is 0. The number of nitrogens with zero attached hydrogens (tertiary/aromatic N) is 1. The molecule has 21 heavy (non-hydrogen) atoms. The molecule has 0 radical (unpaired) electrons. The molecule has 1 unspecified atom stereocenters. The van der Waals surface area contributed by atoms with Gasteiger partial charge in [-0.05, 0) is 30.2 Å². The number of hydrogen-bond donors (Lipinski definition) is 0. The highest BCUT2D eigenvalue weighted by molar-refractivity contribution is 6.03. The predicted octanol–water partition coefficient (Wildman–Crippen LogP) is 3.90. The van der Waals surface area contributed by atoms with Crippen LogP contribution in [0.15, 0.2) is 36.4 Å². The van der Waals surface area contributed by atoms with Crippen LogP contribution in [0.5, 0.6) is 0 Å². The van der Waals surface area contributed by atoms with Gasteiger partial charge in [-0.15, -0.1) is 0 Å². The quantitative estimate of drug-likeness (QED) is 0.635. The van der Waals surface area contributed by atoms with E-state index in [0.717, 1.165) is 0 Å². The van der Waals surface area contributed by atoms with Gasteiger partial charge in [0.05, 0.1) is 6.07 Å². The third kappa shape index (κ3) is 2.79. The molecule has 0 saturated carbocycles. The smallest absolute Gasteiger partial charge is 0.194 e. The summed E-state index contributed by atoms with van der Waals surface area (Å²) in [5.41, 5.74) is 0.789. The number of aryl methyl sites for hydroxylation is 1. The third-order valence-electron chi connectivity index (χ3n) is 3.16. The molecule has 5 heteroatoms. The summed E-state index contributed by atoms with van der Waals surface area (Å²) in [4.78, 5) is 12.3. The second-order valence-electron chi connectivity index (χ2n) is 4.54. The van der Waals surface area contributed by atoms with Crippen LogP contribution < -0.4 is 0 Å². The number of rotatable bonds is 3. The van der Waals surface area contributed by atoms with Crippen molar-refractivity contribution in [2.75, 3.05) is 0 Å². The Balaban J connectivity index is 2.48. The first-order valence-electron chi connectivity index (χ1n) is 6.09. The van der Waals surface area contributed by atoms with Crippen molar-refractivity contribution in [2.24, 2.45) is 0 Å². The third-order valence-corrected chi connectivity index (χ3v) is 3.16. The zero-order valence-corrected chi connectivity index (χ0v) is 11.0. The number of carbonyl (C=O) groups is 1. The normalized spacial score (nSPS) is 11.8. The number of Topliss-reactive ketones (excluding diaryl/α,β-unsaturated/α-hetero) is 1. The van der Waals surface area contributed by atoms with Crippen LogP contribution in [0, 0.1) is 35.7 Å². The van der Waals surface area contributed by atoms with Crippen LogP contribution in [0.1, 0.15) is 27.4 Å². The summed E-state index contributed by atoms with van der Waals surface area (Å²) < 4.78 is 39.3. The van der Waals surface area contributed by atoms with Gasteiger partial charge < -0.3 is 0 Å². The minimum Gasteiger partial charge on any atom is -0.292 e. The van der Waals surface area contributed by atoms with E-state index >= 15 is 0 Å². The highest BCUT2D eigenvalue weighted by Gasteiger charge is 2.25. The lowest BCUT2D eigenvalue weighted by molar-refractivity contribution is 0.0977. The topological polar surface area (TPSA) is 40.9 Å². The first-order valence-corrected chi connectivity index (χ1v) is 6.09. The molecule has 2 rings (SSSR count). The zero-order chi connectivity index (χ0) is 15.6. The molecular formula is C16H10F3NO. The van der Waals surface area contributed by atoms with E-state index in [2.05, 4.69) is 0 Å². The van der Waals surface area contributed by atoms with E-state index < -0.39 is 29.2 Å². The van der Waals surface area contributed by atoms with Crippen LogP contribution in [0.4, 0.5) is 13.2 Å². The van der Waals surface area contributed by atoms with Crippen LogP contribution in [-0.4, -0.2) is 5.78 Å². The molecule has 2 aromatic rings. The summed E-state index contributed by atoms with van der Waals surface area (Å²) >= 11 is 0. The maximum absolute atomic E-state index is 13.2. The molecule has 0 aliphatic rings. The van der Waals surface area contributed by atoms with E-state index in [1.165, 1.54) is 0 Å². The van der Waals surface area contributed by atoms with Gasteiger partial charge in [0.25, 0.3) is 0 Å². The van der Waals surface area contributed by atoms with E-state index in [-0.39, 0.29) is 5.56 Å². The molecule has 0 aromatic heterocycles. The fraction of sp³-hybridized carbons (Fsp3) is 0.125. The van der Waals surface area contributed by atoms with Gasteiger partial charge in [-0.2, -0.15) is 5.26 Å². The molecule has 0 N–H and O–H groups in total. The largest absolute Gasteiger partial charge is 0.292 e. The van der Waals surface area contributed by atoms with Crippen molar-refractivity contribution in [1.82, 2.24) is 0 Å². The van der Waals surface area contributed by atoms with Crippen LogP contribution >= 0.6 is 0 Å². The van der Waals surface area contributed by atoms with E-state index in [0.29, 0.717) is 23.3 Å². The Hall–Kier alpha value is -2.61. The SMILES string of the molecule is Cc1ccccc1C(C#N)C(=O)c1cc(F)c(F)c(F)c1. The molecular weight excluding hydrogens is 279 g/mol. The van der Waals surface area contributed by atoms with Crippen molar-refractivity contribution < 1.29 is 18.0 Å². The lowest BCUT2D eigenvalue weighted by Crippen LogP contribution is -2.13. The average molecular weight is 289 g/mol. The Morgan fingerprint density at radius 3 is 2.24 bits per heavy atom. The van der Waals surface area contributed by atoms with Gasteiger partial charge in [-0.1, -0.05) is 24.3 Å². The number of nitriles is 1. The molecule has 0 heterocycles. The molecule has 2 aromatic carbocycles. The summed E-state index contributed by atoms with van der Waals surface area (Å²) in [6, 6.07) is 9.74. The van der Waals surface area contributed by atoms with Gasteiger partial charge in [-0.25, -0.2) is 13.2 Å². The minimum absolute atomic E-state index is 0.374. The number of ketones is 1. The van der Waals surface area contributed by atoms with Crippen LogP contribution in [0.3, 0.4) is 0 Å². The van der Waals surface area contributed by atoms with Crippen molar-refractivity contribution in [3.05, 3.63) is 70.5 Å². The lowest BCUT2D eigenvalue weighted by Gasteiger charge is -2.11. The van der Waals surface area contributed by atoms with E-state index in [9.17, 15) is 23.2 Å². The van der Waals surface area contributed by atoms with Gasteiger partial charge in [-0.3, -0.25) is 4.79 Å². The molecule has 1 atom stereocenters. The summed E-state index contributed by atoms with van der Waals surface area (Å²) in [6.07, 6.45) is 0. The van der Waals surface area contributed by atoms with Gasteiger partial charge in [0, 0.05) is 5.56 Å². The number of hydrogen-bond acceptors (Lipinski definition) is 2. The summed E-state index contributed by atoms with van der Waals surface area (Å²) in [6.45, 7) is 1.72. The van der Waals surface area contributed by atoms with Gasteiger partial charge in [0.15, 0.2) is 23.2 Å². The van der Waals surface area contributed by atoms with Crippen molar-refractivity contribution in [2.45, 2.75) is 12.8 Å². The minimum atomic E-state index is -1.64. The summed E-state index contributed by atoms with van der Waals surface area (Å²) in [5.74, 6) is -6.53. The first kappa shape index (κ1) is 14.8. The van der Waals surface area contributed by atoms with Crippen molar-refractivity contribution in [3.63, 3.8) is 0 Å². The maximum Gasteiger partial charge on any atom is 0.194 e. The first-order chi connectivity index (χ1) is 9.95. The van der Waals surface area contributed by atoms with E-state index in [4.69, 9.17) is 0 Å². The Morgan fingerprint density at radius 1 is 1.14 bits per heavy atom. The average Bonchev–Trinajstić information content (AvgIpc) is 2.46. The Morgan fingerprint density at radius 2 is 1.71 bits per heavy atom. The molecule has 0 bridgehead atoms. The second-order valence-corrected chi connectivity index (χ2v) is 4.54. The number of benzene rings is 2. The van der Waals surface area contributed by atoms with E-state index in [1.54, 1.807) is 31.2 Å². The van der Waals surface area contributed by atoms with Crippen LogP contribution in [-0.2, 0) is 0 Å². The standard InChI is InChI=1S/C16H10F3NO/c1-9-4-2-3-5-11(9)12(8-20)16(21)10-6-13(17)15(19)14(18)7-10/h2-7,12H,1H3. The number of halogens is 3. The molecule has 0 saturated heterocycles. The van der Waals surface area contributed by atoms with Crippen molar-refractivity contribution >= 4 is 5.78 Å². The molecule has 0 aliphatic carbocycles. The fourth-order valence-corrected chi connectivity index (χ4v) is 2.04.